The Morgan fingerprint density at radius 3 is 2.55 bits per heavy atom. The summed E-state index contributed by atoms with van der Waals surface area (Å²) < 4.78 is 0. The Morgan fingerprint density at radius 2 is 1.80 bits per heavy atom. The van der Waals surface area contributed by atoms with Crippen LogP contribution in [0.5, 0.6) is 0 Å². The van der Waals surface area contributed by atoms with Crippen molar-refractivity contribution in [1.82, 2.24) is 0 Å². The molecule has 1 aliphatic heterocycles. The number of nitrogens with zero attached hydrogens (tertiary/aromatic N) is 2. The lowest BCUT2D eigenvalue weighted by atomic mass is 10.2. The molecule has 0 bridgehead atoms. The van der Waals surface area contributed by atoms with E-state index in [1.54, 1.807) is 4.90 Å². The maximum Gasteiger partial charge on any atom is 0.233 e. The Hall–Kier alpha value is -2.00. The molecule has 1 aliphatic rings. The van der Waals surface area contributed by atoms with Crippen molar-refractivity contribution >= 4 is 34.6 Å². The third kappa shape index (κ3) is 2.25. The Kier molecular flexibility index (Phi) is 3.36. The summed E-state index contributed by atoms with van der Waals surface area (Å²) >= 11 is 6.12. The SMILES string of the molecule is CN1CCC(=O)N(c2ccccc2)c2cc(Cl)ccc21. The molecule has 102 valence electrons. The molecule has 3 nitrogen and oxygen atoms in total. The highest BCUT2D eigenvalue weighted by molar-refractivity contribution is 6.31. The average molecular weight is 287 g/mol. The zero-order chi connectivity index (χ0) is 14.1. The van der Waals surface area contributed by atoms with Crippen molar-refractivity contribution in [2.24, 2.45) is 0 Å². The number of hydrogen-bond acceptors (Lipinski definition) is 2. The molecule has 3 rings (SSSR count). The summed E-state index contributed by atoms with van der Waals surface area (Å²) in [5.74, 6) is 0.0871. The number of carbonyl (C=O) groups is 1. The molecule has 0 N–H and O–H groups in total. The maximum absolute atomic E-state index is 12.5. The number of amides is 1. The second-order valence-electron chi connectivity index (χ2n) is 4.87. The number of halogens is 1. The summed E-state index contributed by atoms with van der Waals surface area (Å²) in [5, 5.41) is 0.632. The average Bonchev–Trinajstić information content (AvgIpc) is 2.57. The van der Waals surface area contributed by atoms with E-state index in [1.165, 1.54) is 0 Å². The van der Waals surface area contributed by atoms with Gasteiger partial charge in [0.05, 0.1) is 11.4 Å². The molecule has 0 atom stereocenters. The molecular formula is C16H15ClN2O. The molecule has 0 spiro atoms. The molecule has 0 aliphatic carbocycles. The van der Waals surface area contributed by atoms with E-state index >= 15 is 0 Å². The molecular weight excluding hydrogens is 272 g/mol. The second-order valence-corrected chi connectivity index (χ2v) is 5.31. The van der Waals surface area contributed by atoms with Crippen molar-refractivity contribution in [1.29, 1.82) is 0 Å². The van der Waals surface area contributed by atoms with E-state index in [4.69, 9.17) is 11.6 Å². The minimum Gasteiger partial charge on any atom is -0.372 e. The van der Waals surface area contributed by atoms with Crippen molar-refractivity contribution in [2.45, 2.75) is 6.42 Å². The number of rotatable bonds is 1. The van der Waals surface area contributed by atoms with Crippen LogP contribution in [0.25, 0.3) is 0 Å². The zero-order valence-corrected chi connectivity index (χ0v) is 12.0. The maximum atomic E-state index is 12.5. The number of hydrogen-bond donors (Lipinski definition) is 0. The first-order chi connectivity index (χ1) is 9.66. The normalized spacial score (nSPS) is 15.0. The third-order valence-corrected chi connectivity index (χ3v) is 3.75. The topological polar surface area (TPSA) is 23.6 Å². The van der Waals surface area contributed by atoms with Gasteiger partial charge in [-0.25, -0.2) is 0 Å². The van der Waals surface area contributed by atoms with Gasteiger partial charge in [0.15, 0.2) is 0 Å². The van der Waals surface area contributed by atoms with Crippen LogP contribution in [0.15, 0.2) is 48.5 Å². The van der Waals surface area contributed by atoms with Crippen molar-refractivity contribution in [3.63, 3.8) is 0 Å². The van der Waals surface area contributed by atoms with Gasteiger partial charge in [0.25, 0.3) is 0 Å². The summed E-state index contributed by atoms with van der Waals surface area (Å²) in [6.07, 6.45) is 0.484. The van der Waals surface area contributed by atoms with Gasteiger partial charge < -0.3 is 4.90 Å². The van der Waals surface area contributed by atoms with Gasteiger partial charge in [-0.3, -0.25) is 9.69 Å². The summed E-state index contributed by atoms with van der Waals surface area (Å²) in [5.41, 5.74) is 2.73. The molecule has 0 fully saturated rings. The summed E-state index contributed by atoms with van der Waals surface area (Å²) in [6.45, 7) is 0.705. The molecule has 2 aromatic rings. The van der Waals surface area contributed by atoms with Gasteiger partial charge in [-0.05, 0) is 30.3 Å². The number of carbonyl (C=O) groups excluding carboxylic acids is 1. The van der Waals surface area contributed by atoms with Crippen molar-refractivity contribution in [2.75, 3.05) is 23.4 Å². The Labute approximate surface area is 123 Å². The van der Waals surface area contributed by atoms with Gasteiger partial charge in [-0.2, -0.15) is 0 Å². The predicted molar refractivity (Wildman–Crippen MR) is 82.9 cm³/mol. The molecule has 0 saturated carbocycles. The smallest absolute Gasteiger partial charge is 0.233 e. The van der Waals surface area contributed by atoms with Crippen LogP contribution in [-0.4, -0.2) is 19.5 Å². The number of fused-ring (bicyclic) bond motifs is 1. The lowest BCUT2D eigenvalue weighted by molar-refractivity contribution is -0.117. The van der Waals surface area contributed by atoms with Gasteiger partial charge in [0.1, 0.15) is 0 Å². The second kappa shape index (κ2) is 5.17. The number of benzene rings is 2. The van der Waals surface area contributed by atoms with E-state index in [0.29, 0.717) is 18.0 Å². The van der Waals surface area contributed by atoms with Gasteiger partial charge in [-0.15, -0.1) is 0 Å². The fourth-order valence-electron chi connectivity index (χ4n) is 2.49. The number of anilines is 3. The van der Waals surface area contributed by atoms with Crippen molar-refractivity contribution < 1.29 is 4.79 Å². The van der Waals surface area contributed by atoms with Crippen LogP contribution in [0.4, 0.5) is 17.1 Å². The molecule has 1 heterocycles. The summed E-state index contributed by atoms with van der Waals surface area (Å²) in [4.78, 5) is 16.3. The van der Waals surface area contributed by atoms with E-state index in [-0.39, 0.29) is 5.91 Å². The van der Waals surface area contributed by atoms with Crippen LogP contribution in [0, 0.1) is 0 Å². The van der Waals surface area contributed by atoms with Gasteiger partial charge in [-0.1, -0.05) is 29.8 Å². The largest absolute Gasteiger partial charge is 0.372 e. The standard InChI is InChI=1S/C16H15ClN2O/c1-18-10-9-16(20)19(13-5-3-2-4-6-13)15-11-12(17)7-8-14(15)18/h2-8,11H,9-10H2,1H3. The third-order valence-electron chi connectivity index (χ3n) is 3.51. The monoisotopic (exact) mass is 286 g/mol. The zero-order valence-electron chi connectivity index (χ0n) is 11.2. The van der Waals surface area contributed by atoms with Crippen LogP contribution >= 0.6 is 11.6 Å². The van der Waals surface area contributed by atoms with E-state index in [0.717, 1.165) is 17.1 Å². The van der Waals surface area contributed by atoms with Crippen molar-refractivity contribution in [3.05, 3.63) is 53.6 Å². The van der Waals surface area contributed by atoms with Crippen LogP contribution < -0.4 is 9.80 Å². The van der Waals surface area contributed by atoms with E-state index in [9.17, 15) is 4.79 Å². The van der Waals surface area contributed by atoms with Gasteiger partial charge in [0.2, 0.25) is 5.91 Å². The first-order valence-electron chi connectivity index (χ1n) is 6.55. The van der Waals surface area contributed by atoms with Gasteiger partial charge >= 0.3 is 0 Å². The summed E-state index contributed by atoms with van der Waals surface area (Å²) in [7, 11) is 1.99. The fourth-order valence-corrected chi connectivity index (χ4v) is 2.65. The number of para-hydroxylation sites is 1. The van der Waals surface area contributed by atoms with E-state index in [2.05, 4.69) is 4.90 Å². The molecule has 4 heteroatoms. The minimum absolute atomic E-state index is 0.0871. The van der Waals surface area contributed by atoms with Crippen LogP contribution in [0.3, 0.4) is 0 Å². The molecule has 0 unspecified atom stereocenters. The van der Waals surface area contributed by atoms with E-state index < -0.39 is 0 Å². The predicted octanol–water partition coefficient (Wildman–Crippen LogP) is 3.84. The molecule has 1 amide bonds. The van der Waals surface area contributed by atoms with E-state index in [1.807, 2.05) is 55.6 Å². The van der Waals surface area contributed by atoms with Crippen LogP contribution in [-0.2, 0) is 4.79 Å². The Balaban J connectivity index is 2.19. The molecule has 20 heavy (non-hydrogen) atoms. The molecule has 2 aromatic carbocycles. The molecule has 0 aromatic heterocycles. The fraction of sp³-hybridized carbons (Fsp3) is 0.188. The first-order valence-corrected chi connectivity index (χ1v) is 6.93. The van der Waals surface area contributed by atoms with Crippen LogP contribution in [0.2, 0.25) is 5.02 Å². The molecule has 0 saturated heterocycles. The van der Waals surface area contributed by atoms with Gasteiger partial charge in [0, 0.05) is 30.7 Å². The highest BCUT2D eigenvalue weighted by atomic mass is 35.5. The van der Waals surface area contributed by atoms with Crippen molar-refractivity contribution in [3.8, 4) is 0 Å². The Bertz CT molecular complexity index is 642. The molecule has 0 radical (unpaired) electrons. The highest BCUT2D eigenvalue weighted by Crippen LogP contribution is 2.38. The quantitative estimate of drug-likeness (QED) is 0.795. The Morgan fingerprint density at radius 1 is 1.05 bits per heavy atom. The van der Waals surface area contributed by atoms with Crippen LogP contribution in [0.1, 0.15) is 6.42 Å². The highest BCUT2D eigenvalue weighted by Gasteiger charge is 2.26. The summed E-state index contributed by atoms with van der Waals surface area (Å²) in [6, 6.07) is 15.4. The lowest BCUT2D eigenvalue weighted by Crippen LogP contribution is -2.25. The minimum atomic E-state index is 0.0871. The lowest BCUT2D eigenvalue weighted by Gasteiger charge is -2.24. The first kappa shape index (κ1) is 13.0.